The number of halogens is 2. The van der Waals surface area contributed by atoms with E-state index in [0.29, 0.717) is 22.3 Å². The van der Waals surface area contributed by atoms with Crippen LogP contribution in [0.4, 0.5) is 17.1 Å². The summed E-state index contributed by atoms with van der Waals surface area (Å²) < 4.78 is 0. The van der Waals surface area contributed by atoms with Gasteiger partial charge in [0.05, 0.1) is 16.6 Å². The highest BCUT2D eigenvalue weighted by Crippen LogP contribution is 2.30. The fourth-order valence-corrected chi connectivity index (χ4v) is 3.23. The second-order valence-corrected chi connectivity index (χ2v) is 7.27. The molecule has 0 bridgehead atoms. The number of nitrogens with zero attached hydrogens (tertiary/aromatic N) is 2. The average molecular weight is 392 g/mol. The smallest absolute Gasteiger partial charge is 0.229 e. The van der Waals surface area contributed by atoms with E-state index in [-0.39, 0.29) is 18.2 Å². The maximum atomic E-state index is 12.5. The van der Waals surface area contributed by atoms with Crippen molar-refractivity contribution in [2.24, 2.45) is 5.92 Å². The monoisotopic (exact) mass is 391 g/mol. The molecule has 0 saturated carbocycles. The summed E-state index contributed by atoms with van der Waals surface area (Å²) in [5.41, 5.74) is 2.28. The number of carbonyl (C=O) groups excluding carboxylic acids is 2. The van der Waals surface area contributed by atoms with Crippen LogP contribution in [0.5, 0.6) is 0 Å². The Morgan fingerprint density at radius 2 is 1.85 bits per heavy atom. The lowest BCUT2D eigenvalue weighted by Crippen LogP contribution is -2.28. The maximum Gasteiger partial charge on any atom is 0.229 e. The third kappa shape index (κ3) is 3.94. The van der Waals surface area contributed by atoms with Crippen LogP contribution < -0.4 is 15.1 Å². The zero-order valence-corrected chi connectivity index (χ0v) is 16.0. The molecule has 0 aliphatic carbocycles. The zero-order chi connectivity index (χ0) is 18.8. The third-order valence-electron chi connectivity index (χ3n) is 4.36. The fourth-order valence-electron chi connectivity index (χ4n) is 2.89. The zero-order valence-electron chi connectivity index (χ0n) is 14.5. The van der Waals surface area contributed by atoms with Crippen LogP contribution in [0.25, 0.3) is 0 Å². The third-order valence-corrected chi connectivity index (χ3v) is 4.92. The molecule has 26 heavy (non-hydrogen) atoms. The fraction of sp³-hybridized carbons (Fsp3) is 0.263. The number of anilines is 3. The van der Waals surface area contributed by atoms with Crippen molar-refractivity contribution in [1.29, 1.82) is 0 Å². The molecule has 1 saturated heterocycles. The summed E-state index contributed by atoms with van der Waals surface area (Å²) in [6.07, 6.45) is 0.166. The number of carbonyl (C=O) groups is 2. The number of rotatable bonds is 4. The molecular weight excluding hydrogens is 373 g/mol. The minimum absolute atomic E-state index is 0.0695. The van der Waals surface area contributed by atoms with Gasteiger partial charge in [-0.2, -0.15) is 0 Å². The molecule has 2 aromatic carbocycles. The van der Waals surface area contributed by atoms with Crippen molar-refractivity contribution in [3.8, 4) is 0 Å². The number of amides is 2. The molecule has 0 aromatic heterocycles. The van der Waals surface area contributed by atoms with Crippen LogP contribution in [0.2, 0.25) is 10.0 Å². The second kappa shape index (κ2) is 7.56. The van der Waals surface area contributed by atoms with Gasteiger partial charge in [0.1, 0.15) is 0 Å². The number of nitrogens with one attached hydrogen (secondary N) is 1. The Morgan fingerprint density at radius 1 is 1.15 bits per heavy atom. The predicted octanol–water partition coefficient (Wildman–Crippen LogP) is 4.05. The molecule has 1 heterocycles. The molecule has 136 valence electrons. The Bertz CT molecular complexity index is 837. The van der Waals surface area contributed by atoms with Crippen LogP contribution in [-0.4, -0.2) is 32.5 Å². The van der Waals surface area contributed by atoms with E-state index >= 15 is 0 Å². The molecule has 1 aliphatic heterocycles. The normalized spacial score (nSPS) is 16.7. The highest BCUT2D eigenvalue weighted by molar-refractivity contribution is 6.35. The van der Waals surface area contributed by atoms with Gasteiger partial charge in [0.25, 0.3) is 0 Å². The van der Waals surface area contributed by atoms with E-state index in [0.717, 1.165) is 11.4 Å². The van der Waals surface area contributed by atoms with Crippen molar-refractivity contribution in [3.63, 3.8) is 0 Å². The SMILES string of the molecule is CN(C)c1ccc(N2CC(C(=O)Nc3cc(Cl)ccc3Cl)CC2=O)cc1. The Hall–Kier alpha value is -2.24. The molecule has 3 rings (SSSR count). The quantitative estimate of drug-likeness (QED) is 0.854. The first-order valence-corrected chi connectivity index (χ1v) is 8.94. The van der Waals surface area contributed by atoms with E-state index in [4.69, 9.17) is 23.2 Å². The van der Waals surface area contributed by atoms with Crippen LogP contribution in [0.3, 0.4) is 0 Å². The highest BCUT2D eigenvalue weighted by Gasteiger charge is 2.35. The molecule has 1 fully saturated rings. The summed E-state index contributed by atoms with van der Waals surface area (Å²) >= 11 is 12.0. The molecule has 1 unspecified atom stereocenters. The van der Waals surface area contributed by atoms with Gasteiger partial charge < -0.3 is 15.1 Å². The number of hydrogen-bond donors (Lipinski definition) is 1. The summed E-state index contributed by atoms with van der Waals surface area (Å²) in [5.74, 6) is -0.749. The standard InChI is InChI=1S/C19H19Cl2N3O2/c1-23(2)14-4-6-15(7-5-14)24-11-12(9-18(24)25)19(26)22-17-10-13(20)3-8-16(17)21/h3-8,10,12H,9,11H2,1-2H3,(H,22,26). The van der Waals surface area contributed by atoms with E-state index < -0.39 is 5.92 Å². The van der Waals surface area contributed by atoms with Crippen LogP contribution in [0.15, 0.2) is 42.5 Å². The van der Waals surface area contributed by atoms with Gasteiger partial charge in [0.15, 0.2) is 0 Å². The van der Waals surface area contributed by atoms with Gasteiger partial charge in [0, 0.05) is 43.5 Å². The number of hydrogen-bond acceptors (Lipinski definition) is 3. The first kappa shape index (κ1) is 18.5. The summed E-state index contributed by atoms with van der Waals surface area (Å²) in [6, 6.07) is 12.5. The van der Waals surface area contributed by atoms with Gasteiger partial charge in [-0.15, -0.1) is 0 Å². The van der Waals surface area contributed by atoms with Crippen LogP contribution in [-0.2, 0) is 9.59 Å². The van der Waals surface area contributed by atoms with E-state index in [2.05, 4.69) is 5.32 Å². The van der Waals surface area contributed by atoms with Crippen molar-refractivity contribution >= 4 is 52.1 Å². The predicted molar refractivity (Wildman–Crippen MR) is 106 cm³/mol. The minimum atomic E-state index is -0.439. The Kier molecular flexibility index (Phi) is 5.39. The highest BCUT2D eigenvalue weighted by atomic mass is 35.5. The van der Waals surface area contributed by atoms with E-state index in [1.807, 2.05) is 43.3 Å². The summed E-state index contributed by atoms with van der Waals surface area (Å²) in [5, 5.41) is 3.66. The largest absolute Gasteiger partial charge is 0.378 e. The van der Waals surface area contributed by atoms with Gasteiger partial charge in [-0.25, -0.2) is 0 Å². The molecule has 5 nitrogen and oxygen atoms in total. The Morgan fingerprint density at radius 3 is 2.50 bits per heavy atom. The first-order chi connectivity index (χ1) is 12.3. The molecule has 1 atom stereocenters. The molecule has 7 heteroatoms. The van der Waals surface area contributed by atoms with E-state index in [1.165, 1.54) is 0 Å². The van der Waals surface area contributed by atoms with Crippen molar-refractivity contribution in [3.05, 3.63) is 52.5 Å². The van der Waals surface area contributed by atoms with Gasteiger partial charge in [-0.1, -0.05) is 23.2 Å². The Balaban J connectivity index is 1.70. The summed E-state index contributed by atoms with van der Waals surface area (Å²) in [7, 11) is 3.91. The molecule has 1 aliphatic rings. The summed E-state index contributed by atoms with van der Waals surface area (Å²) in [4.78, 5) is 28.5. The average Bonchev–Trinajstić information content (AvgIpc) is 3.00. The molecule has 0 spiro atoms. The van der Waals surface area contributed by atoms with Gasteiger partial charge in [-0.3, -0.25) is 9.59 Å². The second-order valence-electron chi connectivity index (χ2n) is 6.43. The molecule has 2 amide bonds. The number of benzene rings is 2. The lowest BCUT2D eigenvalue weighted by atomic mass is 10.1. The lowest BCUT2D eigenvalue weighted by Gasteiger charge is -2.19. The molecular formula is C19H19Cl2N3O2. The summed E-state index contributed by atoms with van der Waals surface area (Å²) in [6.45, 7) is 0.337. The van der Waals surface area contributed by atoms with Crippen LogP contribution in [0.1, 0.15) is 6.42 Å². The maximum absolute atomic E-state index is 12.5. The molecule has 2 aromatic rings. The lowest BCUT2D eigenvalue weighted by molar-refractivity contribution is -0.122. The van der Waals surface area contributed by atoms with E-state index in [1.54, 1.807) is 23.1 Å². The minimum Gasteiger partial charge on any atom is -0.378 e. The topological polar surface area (TPSA) is 52.6 Å². The first-order valence-electron chi connectivity index (χ1n) is 8.19. The van der Waals surface area contributed by atoms with Crippen molar-refractivity contribution < 1.29 is 9.59 Å². The van der Waals surface area contributed by atoms with Crippen LogP contribution in [0, 0.1) is 5.92 Å². The van der Waals surface area contributed by atoms with Crippen molar-refractivity contribution in [2.75, 3.05) is 35.8 Å². The van der Waals surface area contributed by atoms with Gasteiger partial charge in [-0.05, 0) is 42.5 Å². The molecule has 0 radical (unpaired) electrons. The Labute approximate surface area is 162 Å². The molecule has 1 N–H and O–H groups in total. The van der Waals surface area contributed by atoms with Crippen LogP contribution >= 0.6 is 23.2 Å². The van der Waals surface area contributed by atoms with Gasteiger partial charge in [0.2, 0.25) is 11.8 Å². The van der Waals surface area contributed by atoms with Crippen molar-refractivity contribution in [1.82, 2.24) is 0 Å². The van der Waals surface area contributed by atoms with E-state index in [9.17, 15) is 9.59 Å². The van der Waals surface area contributed by atoms with Crippen molar-refractivity contribution in [2.45, 2.75) is 6.42 Å². The van der Waals surface area contributed by atoms with Gasteiger partial charge >= 0.3 is 0 Å².